The van der Waals surface area contributed by atoms with Crippen molar-refractivity contribution in [3.05, 3.63) is 17.5 Å². The molecule has 92 valence electrons. The number of rotatable bonds is 2. The molecule has 0 radical (unpaired) electrons. The number of aromatic amines is 1. The molecule has 0 aromatic carbocycles. The fourth-order valence-electron chi connectivity index (χ4n) is 2.08. The van der Waals surface area contributed by atoms with Gasteiger partial charge < -0.3 is 0 Å². The lowest BCUT2D eigenvalue weighted by Crippen LogP contribution is -2.22. The minimum atomic E-state index is -0.250. The zero-order valence-electron chi connectivity index (χ0n) is 10.3. The minimum absolute atomic E-state index is 0.250. The van der Waals surface area contributed by atoms with Crippen molar-refractivity contribution >= 4 is 11.6 Å². The van der Waals surface area contributed by atoms with Gasteiger partial charge in [-0.25, -0.2) is 5.43 Å². The third-order valence-corrected chi connectivity index (χ3v) is 3.00. The van der Waals surface area contributed by atoms with E-state index in [0.717, 1.165) is 30.7 Å². The molecule has 0 bridgehead atoms. The molecular formula is C12H18N4O. The summed E-state index contributed by atoms with van der Waals surface area (Å²) in [7, 11) is 0. The Bertz CT molecular complexity index is 435. The molecule has 0 unspecified atom stereocenters. The summed E-state index contributed by atoms with van der Waals surface area (Å²) in [6.45, 7) is 4.08. The van der Waals surface area contributed by atoms with E-state index in [2.05, 4.69) is 27.6 Å². The van der Waals surface area contributed by atoms with Gasteiger partial charge in [0.2, 0.25) is 0 Å². The van der Waals surface area contributed by atoms with E-state index < -0.39 is 0 Å². The summed E-state index contributed by atoms with van der Waals surface area (Å²) in [5.74, 6) is 0.423. The van der Waals surface area contributed by atoms with Crippen LogP contribution in [0.15, 0.2) is 11.2 Å². The largest absolute Gasteiger partial charge is 0.291 e. The summed E-state index contributed by atoms with van der Waals surface area (Å²) in [6, 6.07) is 1.71. The molecule has 2 rings (SSSR count). The molecule has 1 aromatic heterocycles. The highest BCUT2D eigenvalue weighted by Crippen LogP contribution is 2.20. The molecule has 0 spiro atoms. The third kappa shape index (κ3) is 3.15. The molecule has 5 heteroatoms. The molecule has 17 heavy (non-hydrogen) atoms. The van der Waals surface area contributed by atoms with Gasteiger partial charge in [-0.2, -0.15) is 10.2 Å². The Kier molecular flexibility index (Phi) is 3.56. The van der Waals surface area contributed by atoms with E-state index in [1.807, 2.05) is 6.92 Å². The van der Waals surface area contributed by atoms with Crippen LogP contribution >= 0.6 is 0 Å². The number of H-pyrrole nitrogens is 1. The van der Waals surface area contributed by atoms with Gasteiger partial charge in [-0.3, -0.25) is 9.89 Å². The average Bonchev–Trinajstić information content (AvgIpc) is 2.73. The summed E-state index contributed by atoms with van der Waals surface area (Å²) >= 11 is 0. The lowest BCUT2D eigenvalue weighted by Gasteiger charge is -2.18. The Hall–Kier alpha value is -1.65. The Morgan fingerprint density at radius 1 is 1.65 bits per heavy atom. The van der Waals surface area contributed by atoms with Gasteiger partial charge in [-0.15, -0.1) is 0 Å². The van der Waals surface area contributed by atoms with Crippen LogP contribution in [0, 0.1) is 12.8 Å². The Labute approximate surface area is 101 Å². The molecule has 1 fully saturated rings. The van der Waals surface area contributed by atoms with E-state index in [9.17, 15) is 4.79 Å². The molecular weight excluding hydrogens is 216 g/mol. The highest BCUT2D eigenvalue weighted by atomic mass is 16.2. The first kappa shape index (κ1) is 11.8. The molecule has 1 heterocycles. The summed E-state index contributed by atoms with van der Waals surface area (Å²) in [4.78, 5) is 11.7. The predicted octanol–water partition coefficient (Wildman–Crippen LogP) is 2.01. The van der Waals surface area contributed by atoms with Gasteiger partial charge in [0.15, 0.2) is 5.69 Å². The molecule has 1 aromatic rings. The SMILES string of the molecule is Cc1cc(C(=O)NN=C2CCC[C@H](C)C2)n[nH]1. The molecule has 1 saturated carbocycles. The molecule has 0 saturated heterocycles. The topological polar surface area (TPSA) is 70.1 Å². The van der Waals surface area contributed by atoms with Gasteiger partial charge in [0.05, 0.1) is 0 Å². The van der Waals surface area contributed by atoms with Crippen LogP contribution < -0.4 is 5.43 Å². The second-order valence-corrected chi connectivity index (χ2v) is 4.76. The Morgan fingerprint density at radius 2 is 2.47 bits per heavy atom. The molecule has 1 atom stereocenters. The normalized spacial score (nSPS) is 22.7. The second-order valence-electron chi connectivity index (χ2n) is 4.76. The number of aromatic nitrogens is 2. The molecule has 1 aliphatic rings. The van der Waals surface area contributed by atoms with Crippen molar-refractivity contribution in [3.63, 3.8) is 0 Å². The van der Waals surface area contributed by atoms with E-state index in [0.29, 0.717) is 11.6 Å². The van der Waals surface area contributed by atoms with E-state index in [1.165, 1.54) is 6.42 Å². The zero-order valence-corrected chi connectivity index (χ0v) is 10.3. The Balaban J connectivity index is 1.93. The fourth-order valence-corrected chi connectivity index (χ4v) is 2.08. The zero-order chi connectivity index (χ0) is 12.3. The number of amides is 1. The van der Waals surface area contributed by atoms with Gasteiger partial charge in [0.25, 0.3) is 5.91 Å². The van der Waals surface area contributed by atoms with E-state index >= 15 is 0 Å². The first-order valence-electron chi connectivity index (χ1n) is 6.03. The van der Waals surface area contributed by atoms with Crippen molar-refractivity contribution in [2.45, 2.75) is 39.5 Å². The van der Waals surface area contributed by atoms with Crippen molar-refractivity contribution in [1.29, 1.82) is 0 Å². The van der Waals surface area contributed by atoms with Crippen molar-refractivity contribution in [1.82, 2.24) is 15.6 Å². The van der Waals surface area contributed by atoms with Gasteiger partial charge in [-0.05, 0) is 44.6 Å². The maximum absolute atomic E-state index is 11.7. The molecule has 1 aliphatic carbocycles. The number of hydrogen-bond acceptors (Lipinski definition) is 3. The number of aryl methyl sites for hydroxylation is 1. The first-order valence-corrected chi connectivity index (χ1v) is 6.03. The number of carbonyl (C=O) groups excluding carboxylic acids is 1. The van der Waals surface area contributed by atoms with E-state index in [-0.39, 0.29) is 5.91 Å². The van der Waals surface area contributed by atoms with Crippen molar-refractivity contribution < 1.29 is 4.79 Å². The van der Waals surface area contributed by atoms with Crippen molar-refractivity contribution in [2.75, 3.05) is 0 Å². The van der Waals surface area contributed by atoms with Gasteiger partial charge in [0.1, 0.15) is 0 Å². The molecule has 1 amide bonds. The number of carbonyl (C=O) groups is 1. The standard InChI is InChI=1S/C12H18N4O/c1-8-4-3-5-10(6-8)14-16-12(17)11-7-9(2)13-15-11/h7-8H,3-6H2,1-2H3,(H,13,15)(H,16,17)/t8-/m0/s1. The van der Waals surface area contributed by atoms with Crippen LogP contribution in [0.2, 0.25) is 0 Å². The maximum atomic E-state index is 11.7. The van der Waals surface area contributed by atoms with Gasteiger partial charge in [-0.1, -0.05) is 6.92 Å². The van der Waals surface area contributed by atoms with Crippen LogP contribution in [0.3, 0.4) is 0 Å². The molecule has 0 aliphatic heterocycles. The lowest BCUT2D eigenvalue weighted by atomic mass is 9.89. The van der Waals surface area contributed by atoms with E-state index in [4.69, 9.17) is 0 Å². The molecule has 5 nitrogen and oxygen atoms in total. The third-order valence-electron chi connectivity index (χ3n) is 3.00. The van der Waals surface area contributed by atoms with Crippen LogP contribution in [0.25, 0.3) is 0 Å². The summed E-state index contributed by atoms with van der Waals surface area (Å²) in [5.41, 5.74) is 4.91. The number of nitrogens with zero attached hydrogens (tertiary/aromatic N) is 2. The Morgan fingerprint density at radius 3 is 3.12 bits per heavy atom. The predicted molar refractivity (Wildman–Crippen MR) is 65.9 cm³/mol. The van der Waals surface area contributed by atoms with Crippen molar-refractivity contribution in [2.24, 2.45) is 11.0 Å². The highest BCUT2D eigenvalue weighted by molar-refractivity contribution is 5.94. The lowest BCUT2D eigenvalue weighted by molar-refractivity contribution is 0.0949. The molecule has 2 N–H and O–H groups in total. The van der Waals surface area contributed by atoms with Gasteiger partial charge >= 0.3 is 0 Å². The minimum Gasteiger partial charge on any atom is -0.282 e. The van der Waals surface area contributed by atoms with Crippen LogP contribution in [-0.2, 0) is 0 Å². The van der Waals surface area contributed by atoms with Crippen LogP contribution in [0.5, 0.6) is 0 Å². The van der Waals surface area contributed by atoms with Crippen LogP contribution in [-0.4, -0.2) is 21.8 Å². The summed E-state index contributed by atoms with van der Waals surface area (Å²) in [5, 5.41) is 10.8. The quantitative estimate of drug-likeness (QED) is 0.768. The van der Waals surface area contributed by atoms with E-state index in [1.54, 1.807) is 6.07 Å². The van der Waals surface area contributed by atoms with Crippen LogP contribution in [0.1, 0.15) is 48.8 Å². The first-order chi connectivity index (χ1) is 8.15. The number of hydrogen-bond donors (Lipinski definition) is 2. The van der Waals surface area contributed by atoms with Gasteiger partial charge in [0, 0.05) is 11.4 Å². The monoisotopic (exact) mass is 234 g/mol. The fraction of sp³-hybridized carbons (Fsp3) is 0.583. The smallest absolute Gasteiger partial charge is 0.282 e. The average molecular weight is 234 g/mol. The van der Waals surface area contributed by atoms with Crippen molar-refractivity contribution in [3.8, 4) is 0 Å². The summed E-state index contributed by atoms with van der Waals surface area (Å²) < 4.78 is 0. The second kappa shape index (κ2) is 5.12. The summed E-state index contributed by atoms with van der Waals surface area (Å²) in [6.07, 6.45) is 4.40. The van der Waals surface area contributed by atoms with Crippen LogP contribution in [0.4, 0.5) is 0 Å². The highest BCUT2D eigenvalue weighted by Gasteiger charge is 2.15. The maximum Gasteiger partial charge on any atom is 0.291 e. The number of hydrazone groups is 1. The number of nitrogens with one attached hydrogen (secondary N) is 2.